The van der Waals surface area contributed by atoms with Crippen molar-refractivity contribution >= 4 is 0 Å². The van der Waals surface area contributed by atoms with Gasteiger partial charge in [-0.3, -0.25) is 4.68 Å². The predicted octanol–water partition coefficient (Wildman–Crippen LogP) is 1.19. The molecular formula is C10H17N3. The number of hydrogen-bond donors (Lipinski definition) is 1. The Morgan fingerprint density at radius 3 is 2.85 bits per heavy atom. The fourth-order valence-electron chi connectivity index (χ4n) is 2.27. The van der Waals surface area contributed by atoms with E-state index in [-0.39, 0.29) is 0 Å². The number of aromatic nitrogens is 2. The van der Waals surface area contributed by atoms with Crippen molar-refractivity contribution in [3.8, 4) is 0 Å². The van der Waals surface area contributed by atoms with Crippen molar-refractivity contribution in [2.45, 2.75) is 32.2 Å². The maximum atomic E-state index is 4.38. The topological polar surface area (TPSA) is 29.9 Å². The molecule has 3 nitrogen and oxygen atoms in total. The van der Waals surface area contributed by atoms with Crippen molar-refractivity contribution < 1.29 is 0 Å². The van der Waals surface area contributed by atoms with Gasteiger partial charge in [-0.2, -0.15) is 5.10 Å². The quantitative estimate of drug-likeness (QED) is 0.702. The number of rotatable bonds is 1. The van der Waals surface area contributed by atoms with Crippen LogP contribution in [0.3, 0.4) is 0 Å². The van der Waals surface area contributed by atoms with E-state index < -0.39 is 0 Å². The first-order chi connectivity index (χ1) is 6.18. The summed E-state index contributed by atoms with van der Waals surface area (Å²) >= 11 is 0. The summed E-state index contributed by atoms with van der Waals surface area (Å²) in [6.45, 7) is 5.49. The second kappa shape index (κ2) is 3.14. The molecule has 2 atom stereocenters. The van der Waals surface area contributed by atoms with Crippen LogP contribution in [0.5, 0.6) is 0 Å². The van der Waals surface area contributed by atoms with Crippen LogP contribution in [-0.4, -0.2) is 22.4 Å². The van der Waals surface area contributed by atoms with Crippen LogP contribution < -0.4 is 5.32 Å². The molecule has 0 aliphatic carbocycles. The number of nitrogens with zero attached hydrogens (tertiary/aromatic N) is 2. The van der Waals surface area contributed by atoms with Gasteiger partial charge in [0, 0.05) is 25.2 Å². The van der Waals surface area contributed by atoms with Crippen LogP contribution in [0.25, 0.3) is 0 Å². The number of hydrogen-bond acceptors (Lipinski definition) is 2. The molecule has 0 aromatic carbocycles. The van der Waals surface area contributed by atoms with E-state index in [4.69, 9.17) is 0 Å². The van der Waals surface area contributed by atoms with Crippen molar-refractivity contribution in [2.24, 2.45) is 7.05 Å². The second-order valence-electron chi connectivity index (χ2n) is 3.98. The van der Waals surface area contributed by atoms with Gasteiger partial charge in [0.15, 0.2) is 0 Å². The molecule has 13 heavy (non-hydrogen) atoms. The zero-order chi connectivity index (χ0) is 9.42. The molecule has 0 spiro atoms. The molecule has 1 aliphatic rings. The van der Waals surface area contributed by atoms with E-state index >= 15 is 0 Å². The summed E-state index contributed by atoms with van der Waals surface area (Å²) in [5.41, 5.74) is 2.60. The molecule has 0 radical (unpaired) electrons. The highest BCUT2D eigenvalue weighted by atomic mass is 15.2. The molecule has 3 heteroatoms. The van der Waals surface area contributed by atoms with Gasteiger partial charge in [0.2, 0.25) is 0 Å². The summed E-state index contributed by atoms with van der Waals surface area (Å²) in [6.07, 6.45) is 3.40. The fraction of sp³-hybridized carbons (Fsp3) is 0.700. The normalized spacial score (nSPS) is 28.2. The monoisotopic (exact) mass is 179 g/mol. The van der Waals surface area contributed by atoms with Crippen molar-refractivity contribution in [1.29, 1.82) is 0 Å². The van der Waals surface area contributed by atoms with E-state index in [9.17, 15) is 0 Å². The molecule has 2 rings (SSSR count). The van der Waals surface area contributed by atoms with Crippen LogP contribution in [-0.2, 0) is 7.05 Å². The van der Waals surface area contributed by atoms with Crippen LogP contribution >= 0.6 is 0 Å². The molecule has 0 saturated carbocycles. The van der Waals surface area contributed by atoms with Crippen molar-refractivity contribution in [3.63, 3.8) is 0 Å². The van der Waals surface area contributed by atoms with Crippen molar-refractivity contribution in [3.05, 3.63) is 17.5 Å². The van der Waals surface area contributed by atoms with E-state index in [0.717, 1.165) is 6.54 Å². The van der Waals surface area contributed by atoms with Gasteiger partial charge < -0.3 is 5.32 Å². The Morgan fingerprint density at radius 1 is 1.62 bits per heavy atom. The van der Waals surface area contributed by atoms with Crippen LogP contribution in [0.4, 0.5) is 0 Å². The minimum atomic E-state index is 0.600. The van der Waals surface area contributed by atoms with Crippen LogP contribution in [0.15, 0.2) is 6.20 Å². The van der Waals surface area contributed by atoms with E-state index in [1.807, 2.05) is 11.7 Å². The third-order valence-corrected chi connectivity index (χ3v) is 2.98. The SMILES string of the molecule is Cc1nn(C)cc1C1CCNC1C. The summed E-state index contributed by atoms with van der Waals surface area (Å²) in [5, 5.41) is 7.85. The number of aryl methyl sites for hydroxylation is 2. The van der Waals surface area contributed by atoms with Crippen LogP contribution in [0, 0.1) is 6.92 Å². The van der Waals surface area contributed by atoms with Gasteiger partial charge in [-0.1, -0.05) is 0 Å². The maximum absolute atomic E-state index is 4.38. The Hall–Kier alpha value is -0.830. The number of nitrogens with one attached hydrogen (secondary N) is 1. The van der Waals surface area contributed by atoms with E-state index in [1.54, 1.807) is 0 Å². The van der Waals surface area contributed by atoms with Gasteiger partial charge in [0.1, 0.15) is 0 Å². The van der Waals surface area contributed by atoms with E-state index in [2.05, 4.69) is 30.5 Å². The summed E-state index contributed by atoms with van der Waals surface area (Å²) in [7, 11) is 1.99. The zero-order valence-electron chi connectivity index (χ0n) is 8.54. The molecule has 1 aliphatic heterocycles. The highest BCUT2D eigenvalue weighted by molar-refractivity contribution is 5.23. The molecule has 1 aromatic rings. The van der Waals surface area contributed by atoms with E-state index in [0.29, 0.717) is 12.0 Å². The van der Waals surface area contributed by atoms with Gasteiger partial charge >= 0.3 is 0 Å². The third kappa shape index (κ3) is 1.48. The van der Waals surface area contributed by atoms with Gasteiger partial charge in [-0.15, -0.1) is 0 Å². The average Bonchev–Trinajstić information content (AvgIpc) is 2.58. The Balaban J connectivity index is 2.28. The molecule has 1 fully saturated rings. The third-order valence-electron chi connectivity index (χ3n) is 2.98. The standard InChI is InChI=1S/C10H17N3/c1-7-9(4-5-11-7)10-6-13(3)12-8(10)2/h6-7,9,11H,4-5H2,1-3H3. The van der Waals surface area contributed by atoms with Crippen LogP contribution in [0.1, 0.15) is 30.5 Å². The Labute approximate surface area is 79.1 Å². The lowest BCUT2D eigenvalue weighted by atomic mass is 9.94. The molecule has 72 valence electrons. The first-order valence-corrected chi connectivity index (χ1v) is 4.92. The average molecular weight is 179 g/mol. The Bertz CT molecular complexity index is 303. The van der Waals surface area contributed by atoms with Gasteiger partial charge in [-0.05, 0) is 32.4 Å². The minimum Gasteiger partial charge on any atom is -0.314 e. The summed E-state index contributed by atoms with van der Waals surface area (Å²) in [5.74, 6) is 0.661. The Morgan fingerprint density at radius 2 is 2.38 bits per heavy atom. The summed E-state index contributed by atoms with van der Waals surface area (Å²) < 4.78 is 1.91. The maximum Gasteiger partial charge on any atom is 0.0628 e. The molecule has 2 heterocycles. The summed E-state index contributed by atoms with van der Waals surface area (Å²) in [4.78, 5) is 0. The molecular weight excluding hydrogens is 162 g/mol. The minimum absolute atomic E-state index is 0.600. The lowest BCUT2D eigenvalue weighted by Gasteiger charge is -2.13. The molecule has 1 N–H and O–H groups in total. The van der Waals surface area contributed by atoms with Gasteiger partial charge in [0.05, 0.1) is 5.69 Å². The Kier molecular flexibility index (Phi) is 2.12. The van der Waals surface area contributed by atoms with Gasteiger partial charge in [-0.25, -0.2) is 0 Å². The zero-order valence-corrected chi connectivity index (χ0v) is 8.54. The molecule has 0 amide bonds. The largest absolute Gasteiger partial charge is 0.314 e. The summed E-state index contributed by atoms with van der Waals surface area (Å²) in [6, 6.07) is 0.600. The van der Waals surface area contributed by atoms with E-state index in [1.165, 1.54) is 17.7 Å². The van der Waals surface area contributed by atoms with Gasteiger partial charge in [0.25, 0.3) is 0 Å². The first-order valence-electron chi connectivity index (χ1n) is 4.92. The predicted molar refractivity (Wildman–Crippen MR) is 52.8 cm³/mol. The molecule has 2 unspecified atom stereocenters. The van der Waals surface area contributed by atoms with Crippen LogP contribution in [0.2, 0.25) is 0 Å². The molecule has 1 saturated heterocycles. The molecule has 0 bridgehead atoms. The highest BCUT2D eigenvalue weighted by Crippen LogP contribution is 2.28. The smallest absolute Gasteiger partial charge is 0.0628 e. The molecule has 1 aromatic heterocycles. The lowest BCUT2D eigenvalue weighted by Crippen LogP contribution is -2.21. The second-order valence-corrected chi connectivity index (χ2v) is 3.98. The van der Waals surface area contributed by atoms with Crippen molar-refractivity contribution in [1.82, 2.24) is 15.1 Å². The fourth-order valence-corrected chi connectivity index (χ4v) is 2.27. The lowest BCUT2D eigenvalue weighted by molar-refractivity contribution is 0.592. The first kappa shape index (κ1) is 8.75. The highest BCUT2D eigenvalue weighted by Gasteiger charge is 2.26. The van der Waals surface area contributed by atoms with Crippen molar-refractivity contribution in [2.75, 3.05) is 6.54 Å².